The minimum Gasteiger partial charge on any atom is -0.329 e. The van der Waals surface area contributed by atoms with Crippen molar-refractivity contribution in [3.63, 3.8) is 0 Å². The number of hydrogen-bond donors (Lipinski definition) is 1. The van der Waals surface area contributed by atoms with Crippen LogP contribution in [0, 0.1) is 4.77 Å². The van der Waals surface area contributed by atoms with Gasteiger partial charge in [-0.3, -0.25) is 4.98 Å². The zero-order chi connectivity index (χ0) is 13.7. The molecule has 102 valence electrons. The molecule has 0 bridgehead atoms. The number of imidazole rings is 1. The van der Waals surface area contributed by atoms with Gasteiger partial charge in [0.2, 0.25) is 0 Å². The fourth-order valence-electron chi connectivity index (χ4n) is 2.80. The molecule has 5 heteroatoms. The van der Waals surface area contributed by atoms with Gasteiger partial charge in [-0.15, -0.1) is 0 Å². The van der Waals surface area contributed by atoms with E-state index in [2.05, 4.69) is 39.0 Å². The van der Waals surface area contributed by atoms with E-state index >= 15 is 0 Å². The van der Waals surface area contributed by atoms with E-state index in [9.17, 15) is 0 Å². The van der Waals surface area contributed by atoms with Crippen LogP contribution in [-0.4, -0.2) is 25.5 Å². The van der Waals surface area contributed by atoms with E-state index in [0.29, 0.717) is 4.75 Å². The standard InChI is InChI=1S/C15H15N3S2/c1-20-15(6-7-15)9-18-13-10-4-2-3-5-11(10)16-8-12(13)17-14(18)19/h2-5,8H,6-7,9H2,1H3,(H,17,19). The average Bonchev–Trinajstić information content (AvgIpc) is 3.18. The highest BCUT2D eigenvalue weighted by Gasteiger charge is 2.42. The molecule has 1 aromatic carbocycles. The summed E-state index contributed by atoms with van der Waals surface area (Å²) in [6.45, 7) is 0.987. The van der Waals surface area contributed by atoms with Crippen molar-refractivity contribution in [3.8, 4) is 0 Å². The van der Waals surface area contributed by atoms with Crippen molar-refractivity contribution in [2.45, 2.75) is 24.1 Å². The largest absolute Gasteiger partial charge is 0.329 e. The van der Waals surface area contributed by atoms with Crippen LogP contribution < -0.4 is 0 Å². The van der Waals surface area contributed by atoms with Crippen molar-refractivity contribution in [1.29, 1.82) is 0 Å². The third-order valence-electron chi connectivity index (χ3n) is 4.19. The number of fused-ring (bicyclic) bond motifs is 3. The predicted molar refractivity (Wildman–Crippen MR) is 87.9 cm³/mol. The lowest BCUT2D eigenvalue weighted by molar-refractivity contribution is 0.671. The van der Waals surface area contributed by atoms with Crippen molar-refractivity contribution in [2.75, 3.05) is 6.26 Å². The molecule has 4 rings (SSSR count). The molecule has 1 saturated carbocycles. The van der Waals surface area contributed by atoms with Gasteiger partial charge in [0, 0.05) is 16.7 Å². The van der Waals surface area contributed by atoms with Crippen LogP contribution in [0.5, 0.6) is 0 Å². The van der Waals surface area contributed by atoms with Gasteiger partial charge in [0.15, 0.2) is 4.77 Å². The predicted octanol–water partition coefficient (Wildman–Crippen LogP) is 4.14. The average molecular weight is 301 g/mol. The topological polar surface area (TPSA) is 33.6 Å². The van der Waals surface area contributed by atoms with E-state index in [1.165, 1.54) is 23.7 Å². The second kappa shape index (κ2) is 4.33. The Hall–Kier alpha value is -1.33. The number of benzene rings is 1. The van der Waals surface area contributed by atoms with Crippen molar-refractivity contribution in [1.82, 2.24) is 14.5 Å². The lowest BCUT2D eigenvalue weighted by atomic mass is 10.2. The lowest BCUT2D eigenvalue weighted by Gasteiger charge is -2.14. The molecule has 1 aliphatic rings. The molecule has 3 nitrogen and oxygen atoms in total. The molecule has 1 fully saturated rings. The molecule has 0 saturated heterocycles. The molecule has 1 aliphatic carbocycles. The van der Waals surface area contributed by atoms with E-state index in [4.69, 9.17) is 12.2 Å². The normalized spacial score (nSPS) is 16.9. The van der Waals surface area contributed by atoms with Gasteiger partial charge >= 0.3 is 0 Å². The van der Waals surface area contributed by atoms with Crippen LogP contribution in [0.4, 0.5) is 0 Å². The molecule has 3 aromatic rings. The highest BCUT2D eigenvalue weighted by Crippen LogP contribution is 2.49. The summed E-state index contributed by atoms with van der Waals surface area (Å²) in [5.74, 6) is 0. The lowest BCUT2D eigenvalue weighted by Crippen LogP contribution is -2.13. The van der Waals surface area contributed by atoms with E-state index in [1.54, 1.807) is 0 Å². The summed E-state index contributed by atoms with van der Waals surface area (Å²) in [6.07, 6.45) is 6.66. The fourth-order valence-corrected chi connectivity index (χ4v) is 3.83. The van der Waals surface area contributed by atoms with Gasteiger partial charge in [0.1, 0.15) is 0 Å². The van der Waals surface area contributed by atoms with Crippen LogP contribution in [0.1, 0.15) is 12.8 Å². The molecule has 1 N–H and O–H groups in total. The van der Waals surface area contributed by atoms with Gasteiger partial charge in [-0.25, -0.2) is 0 Å². The fraction of sp³-hybridized carbons (Fsp3) is 0.333. The molecule has 0 amide bonds. The van der Waals surface area contributed by atoms with Crippen LogP contribution in [0.25, 0.3) is 21.9 Å². The Morgan fingerprint density at radius 3 is 2.95 bits per heavy atom. The van der Waals surface area contributed by atoms with Crippen molar-refractivity contribution < 1.29 is 0 Å². The quantitative estimate of drug-likeness (QED) is 0.738. The zero-order valence-electron chi connectivity index (χ0n) is 11.2. The smallest absolute Gasteiger partial charge is 0.178 e. The molecule has 0 radical (unpaired) electrons. The Balaban J connectivity index is 2.01. The van der Waals surface area contributed by atoms with Crippen LogP contribution >= 0.6 is 24.0 Å². The maximum absolute atomic E-state index is 5.53. The van der Waals surface area contributed by atoms with Crippen LogP contribution in [0.15, 0.2) is 30.5 Å². The minimum atomic E-state index is 0.387. The van der Waals surface area contributed by atoms with Gasteiger partial charge in [0.05, 0.1) is 22.7 Å². The summed E-state index contributed by atoms with van der Waals surface area (Å²) in [4.78, 5) is 7.80. The molecule has 2 heterocycles. The van der Waals surface area contributed by atoms with Gasteiger partial charge in [-0.1, -0.05) is 18.2 Å². The van der Waals surface area contributed by atoms with E-state index in [-0.39, 0.29) is 0 Å². The summed E-state index contributed by atoms with van der Waals surface area (Å²) in [5.41, 5.74) is 3.25. The number of H-pyrrole nitrogens is 1. The molecule has 20 heavy (non-hydrogen) atoms. The van der Waals surface area contributed by atoms with Crippen molar-refractivity contribution in [3.05, 3.63) is 35.2 Å². The molecule has 2 aromatic heterocycles. The second-order valence-electron chi connectivity index (χ2n) is 5.44. The number of aromatic nitrogens is 3. The molecule has 0 aliphatic heterocycles. The number of rotatable bonds is 3. The number of pyridine rings is 1. The number of para-hydroxylation sites is 1. The van der Waals surface area contributed by atoms with Gasteiger partial charge in [-0.05, 0) is 37.4 Å². The molecule has 0 unspecified atom stereocenters. The first-order valence-electron chi connectivity index (χ1n) is 6.74. The first kappa shape index (κ1) is 12.4. The summed E-state index contributed by atoms with van der Waals surface area (Å²) in [6, 6.07) is 8.27. The molecule has 0 atom stereocenters. The molecular weight excluding hydrogens is 286 g/mol. The van der Waals surface area contributed by atoms with Gasteiger partial charge in [-0.2, -0.15) is 11.8 Å². The monoisotopic (exact) mass is 301 g/mol. The van der Waals surface area contributed by atoms with Crippen molar-refractivity contribution in [2.24, 2.45) is 0 Å². The SMILES string of the molecule is CSC1(Cn2c(=S)[nH]c3cnc4ccccc4c32)CC1. The maximum atomic E-state index is 5.53. The Morgan fingerprint density at radius 2 is 2.20 bits per heavy atom. The highest BCUT2D eigenvalue weighted by molar-refractivity contribution is 8.00. The first-order chi connectivity index (χ1) is 9.72. The third-order valence-corrected chi connectivity index (χ3v) is 5.92. The van der Waals surface area contributed by atoms with Gasteiger partial charge < -0.3 is 9.55 Å². The highest BCUT2D eigenvalue weighted by atomic mass is 32.2. The van der Waals surface area contributed by atoms with Gasteiger partial charge in [0.25, 0.3) is 0 Å². The zero-order valence-corrected chi connectivity index (χ0v) is 12.9. The number of aromatic amines is 1. The Kier molecular flexibility index (Phi) is 2.69. The second-order valence-corrected chi connectivity index (χ2v) is 7.10. The van der Waals surface area contributed by atoms with Crippen LogP contribution in [0.3, 0.4) is 0 Å². The molecule has 0 spiro atoms. The van der Waals surface area contributed by atoms with E-state index in [1.807, 2.05) is 24.0 Å². The maximum Gasteiger partial charge on any atom is 0.178 e. The molecular formula is C15H15N3S2. The summed E-state index contributed by atoms with van der Waals surface area (Å²) >= 11 is 7.49. The third kappa shape index (κ3) is 1.80. The first-order valence-corrected chi connectivity index (χ1v) is 8.37. The number of nitrogens with zero attached hydrogens (tertiary/aromatic N) is 2. The summed E-state index contributed by atoms with van der Waals surface area (Å²) < 4.78 is 3.45. The van der Waals surface area contributed by atoms with Crippen molar-refractivity contribution >= 4 is 45.9 Å². The minimum absolute atomic E-state index is 0.387. The summed E-state index contributed by atoms with van der Waals surface area (Å²) in [7, 11) is 0. The Bertz CT molecular complexity index is 858. The number of nitrogens with one attached hydrogen (secondary N) is 1. The summed E-state index contributed by atoms with van der Waals surface area (Å²) in [5, 5.41) is 1.18. The number of hydrogen-bond acceptors (Lipinski definition) is 3. The van der Waals surface area contributed by atoms with Crippen LogP contribution in [0.2, 0.25) is 0 Å². The van der Waals surface area contributed by atoms with E-state index < -0.39 is 0 Å². The number of thioether (sulfide) groups is 1. The Labute approximate surface area is 126 Å². The van der Waals surface area contributed by atoms with Crippen LogP contribution in [-0.2, 0) is 6.54 Å². The Morgan fingerprint density at radius 1 is 1.40 bits per heavy atom. The van der Waals surface area contributed by atoms with E-state index in [0.717, 1.165) is 22.3 Å².